The first-order chi connectivity index (χ1) is 9.52. The van der Waals surface area contributed by atoms with Gasteiger partial charge in [0.15, 0.2) is 0 Å². The SMILES string of the molecule is Cc1cc(NC(=O)N2CCCC(C)C2CO)cnc1Cl. The quantitative estimate of drug-likeness (QED) is 0.825. The van der Waals surface area contributed by atoms with Gasteiger partial charge in [-0.15, -0.1) is 0 Å². The fourth-order valence-corrected chi connectivity index (χ4v) is 2.70. The van der Waals surface area contributed by atoms with Crippen molar-refractivity contribution >= 4 is 23.3 Å². The van der Waals surface area contributed by atoms with E-state index in [4.69, 9.17) is 11.6 Å². The first kappa shape index (κ1) is 15.1. The number of anilines is 1. The standard InChI is InChI=1S/C14H20ClN3O2/c1-9-4-3-5-18(12(9)8-19)14(20)17-11-6-10(2)13(15)16-7-11/h6-7,9,12,19H,3-5,8H2,1-2H3,(H,17,20). The fourth-order valence-electron chi connectivity index (χ4n) is 2.60. The number of carbonyl (C=O) groups is 1. The molecule has 1 aromatic heterocycles. The van der Waals surface area contributed by atoms with Crippen LogP contribution in [0.15, 0.2) is 12.3 Å². The van der Waals surface area contributed by atoms with E-state index in [9.17, 15) is 9.90 Å². The Bertz CT molecular complexity index is 495. The average molecular weight is 298 g/mol. The minimum atomic E-state index is -0.195. The van der Waals surface area contributed by atoms with Crippen LogP contribution in [0.3, 0.4) is 0 Å². The van der Waals surface area contributed by atoms with Crippen molar-refractivity contribution in [2.45, 2.75) is 32.7 Å². The van der Waals surface area contributed by atoms with Crippen LogP contribution >= 0.6 is 11.6 Å². The molecule has 0 aromatic carbocycles. The van der Waals surface area contributed by atoms with Gasteiger partial charge < -0.3 is 15.3 Å². The first-order valence-corrected chi connectivity index (χ1v) is 7.21. The largest absolute Gasteiger partial charge is 0.394 e. The maximum Gasteiger partial charge on any atom is 0.322 e. The van der Waals surface area contributed by atoms with Crippen molar-refractivity contribution in [1.29, 1.82) is 0 Å². The highest BCUT2D eigenvalue weighted by molar-refractivity contribution is 6.30. The molecule has 2 N–H and O–H groups in total. The van der Waals surface area contributed by atoms with Gasteiger partial charge in [0.25, 0.3) is 0 Å². The van der Waals surface area contributed by atoms with Gasteiger partial charge in [0.1, 0.15) is 5.15 Å². The van der Waals surface area contributed by atoms with E-state index in [2.05, 4.69) is 17.2 Å². The fraction of sp³-hybridized carbons (Fsp3) is 0.571. The van der Waals surface area contributed by atoms with Crippen LogP contribution in [0.5, 0.6) is 0 Å². The number of piperidine rings is 1. The minimum absolute atomic E-state index is 0.00746. The summed E-state index contributed by atoms with van der Waals surface area (Å²) in [4.78, 5) is 18.0. The zero-order valence-corrected chi connectivity index (χ0v) is 12.5. The molecule has 0 aliphatic carbocycles. The molecule has 2 amide bonds. The van der Waals surface area contributed by atoms with Crippen LogP contribution in [-0.2, 0) is 0 Å². The van der Waals surface area contributed by atoms with Gasteiger partial charge in [0.05, 0.1) is 24.5 Å². The van der Waals surface area contributed by atoms with Gasteiger partial charge in [0.2, 0.25) is 0 Å². The van der Waals surface area contributed by atoms with Crippen LogP contribution in [0.1, 0.15) is 25.3 Å². The van der Waals surface area contributed by atoms with Crippen LogP contribution < -0.4 is 5.32 Å². The Kier molecular flexibility index (Phi) is 4.83. The maximum absolute atomic E-state index is 12.3. The molecular weight excluding hydrogens is 278 g/mol. The number of hydrogen-bond acceptors (Lipinski definition) is 3. The summed E-state index contributed by atoms with van der Waals surface area (Å²) in [5.74, 6) is 0.310. The van der Waals surface area contributed by atoms with Crippen molar-refractivity contribution in [3.05, 3.63) is 23.0 Å². The van der Waals surface area contributed by atoms with Crippen LogP contribution in [0.4, 0.5) is 10.5 Å². The Morgan fingerprint density at radius 1 is 1.65 bits per heavy atom. The number of halogens is 1. The van der Waals surface area contributed by atoms with E-state index < -0.39 is 0 Å². The Labute approximate surface area is 123 Å². The summed E-state index contributed by atoms with van der Waals surface area (Å²) >= 11 is 5.86. The highest BCUT2D eigenvalue weighted by Crippen LogP contribution is 2.24. The van der Waals surface area contributed by atoms with Gasteiger partial charge in [-0.25, -0.2) is 9.78 Å². The molecule has 5 nitrogen and oxygen atoms in total. The molecule has 1 aliphatic rings. The Morgan fingerprint density at radius 2 is 2.40 bits per heavy atom. The lowest BCUT2D eigenvalue weighted by molar-refractivity contribution is 0.0811. The van der Waals surface area contributed by atoms with Crippen LogP contribution in [0.2, 0.25) is 5.15 Å². The summed E-state index contributed by atoms with van der Waals surface area (Å²) in [5, 5.41) is 12.7. The summed E-state index contributed by atoms with van der Waals surface area (Å²) in [7, 11) is 0. The molecule has 2 atom stereocenters. The molecule has 0 radical (unpaired) electrons. The molecule has 2 unspecified atom stereocenters. The molecule has 0 bridgehead atoms. The number of aliphatic hydroxyl groups excluding tert-OH is 1. The summed E-state index contributed by atoms with van der Waals surface area (Å²) in [6.07, 6.45) is 3.54. The minimum Gasteiger partial charge on any atom is -0.394 e. The van der Waals surface area contributed by atoms with Crippen molar-refractivity contribution in [2.24, 2.45) is 5.92 Å². The van der Waals surface area contributed by atoms with E-state index in [1.54, 1.807) is 11.0 Å². The molecule has 1 aromatic rings. The Morgan fingerprint density at radius 3 is 3.05 bits per heavy atom. The summed E-state index contributed by atoms with van der Waals surface area (Å²) in [6.45, 7) is 4.56. The van der Waals surface area contributed by atoms with Crippen molar-refractivity contribution in [3.8, 4) is 0 Å². The Balaban J connectivity index is 2.08. The highest BCUT2D eigenvalue weighted by Gasteiger charge is 2.31. The van der Waals surface area contributed by atoms with E-state index in [1.165, 1.54) is 6.20 Å². The number of nitrogens with one attached hydrogen (secondary N) is 1. The van der Waals surface area contributed by atoms with Crippen molar-refractivity contribution in [1.82, 2.24) is 9.88 Å². The van der Waals surface area contributed by atoms with Crippen LogP contribution in [-0.4, -0.2) is 40.2 Å². The lowest BCUT2D eigenvalue weighted by Crippen LogP contribution is -2.51. The topological polar surface area (TPSA) is 65.5 Å². The monoisotopic (exact) mass is 297 g/mol. The third-order valence-corrected chi connectivity index (χ3v) is 4.22. The molecule has 2 heterocycles. The van der Waals surface area contributed by atoms with Crippen LogP contribution in [0, 0.1) is 12.8 Å². The van der Waals surface area contributed by atoms with Gasteiger partial charge in [-0.2, -0.15) is 0 Å². The summed E-state index contributed by atoms with van der Waals surface area (Å²) in [6, 6.07) is 1.47. The summed E-state index contributed by atoms with van der Waals surface area (Å²) in [5.41, 5.74) is 1.43. The van der Waals surface area contributed by atoms with Crippen molar-refractivity contribution in [2.75, 3.05) is 18.5 Å². The predicted octanol–water partition coefficient (Wildman–Crippen LogP) is 2.67. The van der Waals surface area contributed by atoms with Gasteiger partial charge in [-0.3, -0.25) is 0 Å². The number of aryl methyl sites for hydroxylation is 1. The number of nitrogens with zero attached hydrogens (tertiary/aromatic N) is 2. The predicted molar refractivity (Wildman–Crippen MR) is 79.0 cm³/mol. The number of pyridine rings is 1. The number of aliphatic hydroxyl groups is 1. The third-order valence-electron chi connectivity index (χ3n) is 3.83. The lowest BCUT2D eigenvalue weighted by atomic mass is 9.91. The lowest BCUT2D eigenvalue weighted by Gasteiger charge is -2.38. The number of urea groups is 1. The molecule has 1 saturated heterocycles. The maximum atomic E-state index is 12.3. The number of amides is 2. The molecule has 2 rings (SSSR count). The van der Waals surface area contributed by atoms with E-state index >= 15 is 0 Å². The number of likely N-dealkylation sites (tertiary alicyclic amines) is 1. The van der Waals surface area contributed by atoms with E-state index in [1.807, 2.05) is 6.92 Å². The molecule has 0 saturated carbocycles. The molecular formula is C14H20ClN3O2. The average Bonchev–Trinajstić information content (AvgIpc) is 2.42. The second-order valence-electron chi connectivity index (χ2n) is 5.32. The van der Waals surface area contributed by atoms with Crippen LogP contribution in [0.25, 0.3) is 0 Å². The summed E-state index contributed by atoms with van der Waals surface area (Å²) < 4.78 is 0. The zero-order chi connectivity index (χ0) is 14.7. The smallest absolute Gasteiger partial charge is 0.322 e. The highest BCUT2D eigenvalue weighted by atomic mass is 35.5. The molecule has 1 aliphatic heterocycles. The van der Waals surface area contributed by atoms with Gasteiger partial charge in [0, 0.05) is 6.54 Å². The van der Waals surface area contributed by atoms with Gasteiger partial charge in [-0.1, -0.05) is 18.5 Å². The van der Waals surface area contributed by atoms with Gasteiger partial charge >= 0.3 is 6.03 Å². The second kappa shape index (κ2) is 6.41. The number of rotatable bonds is 2. The van der Waals surface area contributed by atoms with E-state index in [-0.39, 0.29) is 18.7 Å². The molecule has 20 heavy (non-hydrogen) atoms. The van der Waals surface area contributed by atoms with E-state index in [0.717, 1.165) is 18.4 Å². The molecule has 6 heteroatoms. The number of aromatic nitrogens is 1. The van der Waals surface area contributed by atoms with Crippen molar-refractivity contribution in [3.63, 3.8) is 0 Å². The molecule has 110 valence electrons. The Hall–Kier alpha value is -1.33. The van der Waals surface area contributed by atoms with Gasteiger partial charge in [-0.05, 0) is 37.3 Å². The number of carbonyl (C=O) groups excluding carboxylic acids is 1. The third kappa shape index (κ3) is 3.22. The normalized spacial score (nSPS) is 22.7. The van der Waals surface area contributed by atoms with Crippen molar-refractivity contribution < 1.29 is 9.90 Å². The number of hydrogen-bond donors (Lipinski definition) is 2. The zero-order valence-electron chi connectivity index (χ0n) is 11.8. The molecule has 0 spiro atoms. The van der Waals surface area contributed by atoms with E-state index in [0.29, 0.717) is 23.3 Å². The second-order valence-corrected chi connectivity index (χ2v) is 5.68. The molecule has 1 fully saturated rings. The first-order valence-electron chi connectivity index (χ1n) is 6.83.